The predicted molar refractivity (Wildman–Crippen MR) is 125 cm³/mol. The highest BCUT2D eigenvalue weighted by Crippen LogP contribution is 2.37. The van der Waals surface area contributed by atoms with E-state index in [2.05, 4.69) is 5.32 Å². The standard InChI is InChI=1S/C23H22N2O8S/c1-3-32-17-6-4-5-14(21(17)33-13-20(27)28)11-18-22(29)25(23(30)34-18)12-19(26)24-15-7-9-16(31-2)10-8-15/h4-11H,3,12-13H2,1-2H3,(H,24,26)(H,27,28)/b18-11-. The van der Waals surface area contributed by atoms with E-state index < -0.39 is 36.2 Å². The number of thioether (sulfide) groups is 1. The van der Waals surface area contributed by atoms with Crippen molar-refractivity contribution in [1.29, 1.82) is 0 Å². The topological polar surface area (TPSA) is 131 Å². The van der Waals surface area contributed by atoms with Crippen LogP contribution in [0, 0.1) is 0 Å². The number of benzene rings is 2. The van der Waals surface area contributed by atoms with Crippen LogP contribution in [0.5, 0.6) is 17.2 Å². The number of amides is 3. The Hall–Kier alpha value is -3.99. The van der Waals surface area contributed by atoms with Crippen molar-refractivity contribution in [2.45, 2.75) is 6.92 Å². The van der Waals surface area contributed by atoms with E-state index in [0.717, 1.165) is 4.90 Å². The van der Waals surface area contributed by atoms with Gasteiger partial charge in [0, 0.05) is 11.3 Å². The van der Waals surface area contributed by atoms with Gasteiger partial charge in [0.25, 0.3) is 11.1 Å². The van der Waals surface area contributed by atoms with Crippen LogP contribution in [0.3, 0.4) is 0 Å². The third-order valence-corrected chi connectivity index (χ3v) is 5.39. The predicted octanol–water partition coefficient (Wildman–Crippen LogP) is 3.23. The van der Waals surface area contributed by atoms with E-state index in [9.17, 15) is 19.2 Å². The van der Waals surface area contributed by atoms with E-state index in [1.165, 1.54) is 13.2 Å². The number of nitrogens with one attached hydrogen (secondary N) is 1. The van der Waals surface area contributed by atoms with Crippen LogP contribution in [0.1, 0.15) is 12.5 Å². The highest BCUT2D eigenvalue weighted by molar-refractivity contribution is 8.18. The fourth-order valence-electron chi connectivity index (χ4n) is 3.00. The number of carboxylic acid groups (broad SMARTS) is 1. The van der Waals surface area contributed by atoms with Crippen molar-refractivity contribution < 1.29 is 38.5 Å². The molecule has 3 rings (SSSR count). The molecule has 0 aliphatic carbocycles. The van der Waals surface area contributed by atoms with Gasteiger partial charge < -0.3 is 24.6 Å². The Balaban J connectivity index is 1.76. The maximum Gasteiger partial charge on any atom is 0.341 e. The number of ether oxygens (including phenoxy) is 3. The smallest absolute Gasteiger partial charge is 0.341 e. The molecule has 1 aliphatic heterocycles. The molecule has 1 fully saturated rings. The molecular weight excluding hydrogens is 464 g/mol. The number of nitrogens with zero attached hydrogens (tertiary/aromatic N) is 1. The zero-order valence-electron chi connectivity index (χ0n) is 18.4. The SMILES string of the molecule is CCOc1cccc(/C=C2\SC(=O)N(CC(=O)Nc3ccc(OC)cc3)C2=O)c1OCC(=O)O. The summed E-state index contributed by atoms with van der Waals surface area (Å²) in [4.78, 5) is 49.5. The van der Waals surface area contributed by atoms with Gasteiger partial charge in [-0.25, -0.2) is 4.79 Å². The van der Waals surface area contributed by atoms with Crippen molar-refractivity contribution in [2.75, 3.05) is 32.2 Å². The minimum Gasteiger partial charge on any atom is -0.497 e. The van der Waals surface area contributed by atoms with Crippen molar-refractivity contribution in [1.82, 2.24) is 4.90 Å². The normalized spacial score (nSPS) is 14.3. The summed E-state index contributed by atoms with van der Waals surface area (Å²) in [6.45, 7) is 0.996. The number of rotatable bonds is 10. The number of hydrogen-bond donors (Lipinski definition) is 2. The molecule has 0 atom stereocenters. The molecule has 2 aromatic rings. The molecule has 0 bridgehead atoms. The third kappa shape index (κ3) is 6.07. The van der Waals surface area contributed by atoms with E-state index in [4.69, 9.17) is 19.3 Å². The van der Waals surface area contributed by atoms with E-state index in [1.54, 1.807) is 49.4 Å². The Morgan fingerprint density at radius 2 is 1.85 bits per heavy atom. The molecule has 34 heavy (non-hydrogen) atoms. The van der Waals surface area contributed by atoms with E-state index in [-0.39, 0.29) is 10.7 Å². The summed E-state index contributed by atoms with van der Waals surface area (Å²) in [6, 6.07) is 11.5. The van der Waals surface area contributed by atoms with E-state index >= 15 is 0 Å². The van der Waals surface area contributed by atoms with Gasteiger partial charge in [-0.15, -0.1) is 0 Å². The summed E-state index contributed by atoms with van der Waals surface area (Å²) in [5.41, 5.74) is 0.849. The Labute approximate surface area is 199 Å². The number of methoxy groups -OCH3 is 1. The summed E-state index contributed by atoms with van der Waals surface area (Å²) < 4.78 is 15.9. The maximum atomic E-state index is 12.8. The number of carbonyl (C=O) groups is 4. The van der Waals surface area contributed by atoms with Crippen molar-refractivity contribution in [2.24, 2.45) is 0 Å². The summed E-state index contributed by atoms with van der Waals surface area (Å²) in [5.74, 6) is -1.32. The number of anilines is 1. The molecular formula is C23H22N2O8S. The second kappa shape index (κ2) is 11.2. The van der Waals surface area contributed by atoms with Crippen LogP contribution in [0.15, 0.2) is 47.4 Å². The third-order valence-electron chi connectivity index (χ3n) is 4.48. The van der Waals surface area contributed by atoms with Crippen molar-refractivity contribution >= 4 is 46.5 Å². The quantitative estimate of drug-likeness (QED) is 0.486. The highest BCUT2D eigenvalue weighted by Gasteiger charge is 2.36. The van der Waals surface area contributed by atoms with Crippen LogP contribution < -0.4 is 19.5 Å². The number of hydrogen-bond acceptors (Lipinski definition) is 8. The molecule has 0 aromatic heterocycles. The molecule has 0 saturated carbocycles. The number of para-hydroxylation sites is 1. The zero-order valence-corrected chi connectivity index (χ0v) is 19.2. The average Bonchev–Trinajstić information content (AvgIpc) is 3.06. The van der Waals surface area contributed by atoms with Crippen molar-refractivity contribution in [3.05, 3.63) is 52.9 Å². The molecule has 1 saturated heterocycles. The number of imide groups is 1. The van der Waals surface area contributed by atoms with Gasteiger partial charge in [-0.1, -0.05) is 12.1 Å². The van der Waals surface area contributed by atoms with Gasteiger partial charge in [-0.2, -0.15) is 0 Å². The molecule has 178 valence electrons. The van der Waals surface area contributed by atoms with Gasteiger partial charge in [0.2, 0.25) is 5.91 Å². The van der Waals surface area contributed by atoms with Crippen LogP contribution in [-0.2, 0) is 14.4 Å². The minimum absolute atomic E-state index is 0.0658. The summed E-state index contributed by atoms with van der Waals surface area (Å²) in [6.07, 6.45) is 1.41. The molecule has 0 spiro atoms. The Bertz CT molecular complexity index is 1130. The van der Waals surface area contributed by atoms with Gasteiger partial charge in [0.1, 0.15) is 12.3 Å². The average molecular weight is 487 g/mol. The summed E-state index contributed by atoms with van der Waals surface area (Å²) >= 11 is 0.671. The first-order valence-electron chi connectivity index (χ1n) is 10.1. The Morgan fingerprint density at radius 1 is 1.12 bits per heavy atom. The number of aliphatic carboxylic acids is 1. The van der Waals surface area contributed by atoms with Gasteiger partial charge in [-0.05, 0) is 55.1 Å². The van der Waals surface area contributed by atoms with Gasteiger partial charge in [-0.3, -0.25) is 19.3 Å². The lowest BCUT2D eigenvalue weighted by Crippen LogP contribution is -2.36. The molecule has 0 unspecified atom stereocenters. The van der Waals surface area contributed by atoms with Gasteiger partial charge in [0.15, 0.2) is 18.1 Å². The monoisotopic (exact) mass is 486 g/mol. The van der Waals surface area contributed by atoms with Crippen molar-refractivity contribution in [3.8, 4) is 17.2 Å². The first kappa shape index (κ1) is 24.6. The second-order valence-corrected chi connectivity index (χ2v) is 7.83. The molecule has 1 heterocycles. The van der Waals surface area contributed by atoms with E-state index in [1.807, 2.05) is 0 Å². The lowest BCUT2D eigenvalue weighted by atomic mass is 10.1. The fourth-order valence-corrected chi connectivity index (χ4v) is 3.83. The molecule has 10 nitrogen and oxygen atoms in total. The number of carboxylic acids is 1. The van der Waals surface area contributed by atoms with Crippen molar-refractivity contribution in [3.63, 3.8) is 0 Å². The molecule has 0 radical (unpaired) electrons. The fraction of sp³-hybridized carbons (Fsp3) is 0.217. The van der Waals surface area contributed by atoms with Crippen LogP contribution in [-0.4, -0.2) is 59.9 Å². The summed E-state index contributed by atoms with van der Waals surface area (Å²) in [7, 11) is 1.52. The lowest BCUT2D eigenvalue weighted by Gasteiger charge is -2.14. The Kier molecular flexibility index (Phi) is 8.14. The molecule has 2 aromatic carbocycles. The number of carbonyl (C=O) groups excluding carboxylic acids is 3. The first-order chi connectivity index (χ1) is 16.3. The largest absolute Gasteiger partial charge is 0.497 e. The van der Waals surface area contributed by atoms with Crippen LogP contribution in [0.2, 0.25) is 0 Å². The lowest BCUT2D eigenvalue weighted by molar-refractivity contribution is -0.139. The van der Waals surface area contributed by atoms with Gasteiger partial charge >= 0.3 is 5.97 Å². The van der Waals surface area contributed by atoms with Crippen LogP contribution >= 0.6 is 11.8 Å². The highest BCUT2D eigenvalue weighted by atomic mass is 32.2. The minimum atomic E-state index is -1.18. The van der Waals surface area contributed by atoms with Gasteiger partial charge in [0.05, 0.1) is 18.6 Å². The maximum absolute atomic E-state index is 12.8. The molecule has 3 amide bonds. The first-order valence-corrected chi connectivity index (χ1v) is 10.9. The Morgan fingerprint density at radius 3 is 2.50 bits per heavy atom. The summed E-state index contributed by atoms with van der Waals surface area (Å²) in [5, 5.41) is 11.0. The van der Waals surface area contributed by atoms with Crippen LogP contribution in [0.4, 0.5) is 10.5 Å². The second-order valence-electron chi connectivity index (χ2n) is 6.83. The zero-order chi connectivity index (χ0) is 24.7. The van der Waals surface area contributed by atoms with E-state index in [0.29, 0.717) is 41.1 Å². The molecule has 1 aliphatic rings. The molecule has 11 heteroatoms. The molecule has 2 N–H and O–H groups in total. The van der Waals surface area contributed by atoms with Crippen LogP contribution in [0.25, 0.3) is 6.08 Å².